The Bertz CT molecular complexity index is 985. The first-order valence-electron chi connectivity index (χ1n) is 9.81. The summed E-state index contributed by atoms with van der Waals surface area (Å²) in [6, 6.07) is 5.05. The number of hydrogen-bond acceptors (Lipinski definition) is 5. The molecule has 0 radical (unpaired) electrons. The molecule has 0 aromatic carbocycles. The zero-order valence-corrected chi connectivity index (χ0v) is 16.4. The second kappa shape index (κ2) is 7.74. The van der Waals surface area contributed by atoms with E-state index in [4.69, 9.17) is 4.52 Å². The molecule has 1 fully saturated rings. The lowest BCUT2D eigenvalue weighted by atomic mass is 9.91. The van der Waals surface area contributed by atoms with Crippen LogP contribution in [0.5, 0.6) is 0 Å². The van der Waals surface area contributed by atoms with Gasteiger partial charge in [0.05, 0.1) is 16.6 Å². The molecule has 154 valence electrons. The summed E-state index contributed by atoms with van der Waals surface area (Å²) in [5.74, 6) is -0.265. The highest BCUT2D eigenvalue weighted by molar-refractivity contribution is 5.81. The lowest BCUT2D eigenvalue weighted by Crippen LogP contribution is -2.34. The fourth-order valence-electron chi connectivity index (χ4n) is 3.96. The molecule has 3 aromatic heterocycles. The van der Waals surface area contributed by atoms with Crippen molar-refractivity contribution in [2.24, 2.45) is 0 Å². The third-order valence-corrected chi connectivity index (χ3v) is 5.44. The van der Waals surface area contributed by atoms with Crippen LogP contribution in [-0.2, 0) is 12.7 Å². The number of alkyl halides is 3. The van der Waals surface area contributed by atoms with E-state index in [1.165, 1.54) is 0 Å². The van der Waals surface area contributed by atoms with Crippen LogP contribution >= 0.6 is 0 Å². The molecular weight excluding hydrogens is 381 g/mol. The Hall–Kier alpha value is -2.48. The average Bonchev–Trinajstić information content (AvgIpc) is 3.11. The molecule has 8 heteroatoms. The largest absolute Gasteiger partial charge is 0.417 e. The van der Waals surface area contributed by atoms with Crippen LogP contribution in [0.3, 0.4) is 0 Å². The van der Waals surface area contributed by atoms with E-state index in [9.17, 15) is 13.2 Å². The van der Waals surface area contributed by atoms with Crippen LogP contribution in [0.1, 0.15) is 61.0 Å². The highest BCUT2D eigenvalue weighted by Crippen LogP contribution is 2.40. The predicted molar refractivity (Wildman–Crippen MR) is 102 cm³/mol. The predicted octanol–water partition coefficient (Wildman–Crippen LogP) is 5.14. The minimum absolute atomic E-state index is 0.0117. The molecule has 1 aliphatic rings. The number of halogens is 3. The van der Waals surface area contributed by atoms with Gasteiger partial charge in [0.25, 0.3) is 5.71 Å². The summed E-state index contributed by atoms with van der Waals surface area (Å²) in [7, 11) is 0. The van der Waals surface area contributed by atoms with Crippen LogP contribution < -0.4 is 0 Å². The first kappa shape index (κ1) is 19.8. The Morgan fingerprint density at radius 2 is 2.00 bits per heavy atom. The van der Waals surface area contributed by atoms with Crippen molar-refractivity contribution >= 4 is 11.1 Å². The van der Waals surface area contributed by atoms with E-state index in [1.807, 2.05) is 26.0 Å². The van der Waals surface area contributed by atoms with E-state index in [0.29, 0.717) is 17.9 Å². The third kappa shape index (κ3) is 4.12. The van der Waals surface area contributed by atoms with Crippen LogP contribution in [0.25, 0.3) is 11.1 Å². The fraction of sp³-hybridized carbons (Fsp3) is 0.476. The smallest absolute Gasteiger partial charge is 0.336 e. The number of rotatable bonds is 4. The monoisotopic (exact) mass is 404 g/mol. The first-order valence-corrected chi connectivity index (χ1v) is 9.81. The first-order chi connectivity index (χ1) is 13.8. The molecule has 4 heterocycles. The van der Waals surface area contributed by atoms with Gasteiger partial charge in [-0.05, 0) is 49.1 Å². The van der Waals surface area contributed by atoms with Crippen molar-refractivity contribution in [3.63, 3.8) is 0 Å². The summed E-state index contributed by atoms with van der Waals surface area (Å²) in [5, 5.41) is 4.07. The zero-order valence-electron chi connectivity index (χ0n) is 16.4. The second-order valence-electron chi connectivity index (χ2n) is 7.92. The highest BCUT2D eigenvalue weighted by atomic mass is 19.4. The minimum atomic E-state index is -4.49. The van der Waals surface area contributed by atoms with Crippen molar-refractivity contribution in [2.75, 3.05) is 13.1 Å². The molecule has 0 amide bonds. The molecular formula is C21H23F3N4O. The maximum Gasteiger partial charge on any atom is 0.417 e. The highest BCUT2D eigenvalue weighted by Gasteiger charge is 2.38. The molecule has 0 aliphatic carbocycles. The number of hydrogen-bond donors (Lipinski definition) is 0. The van der Waals surface area contributed by atoms with Crippen LogP contribution in [0.15, 0.2) is 35.1 Å². The summed E-state index contributed by atoms with van der Waals surface area (Å²) in [6.45, 7) is 5.88. The van der Waals surface area contributed by atoms with Crippen molar-refractivity contribution < 1.29 is 17.7 Å². The lowest BCUT2D eigenvalue weighted by Gasteiger charge is -2.32. The van der Waals surface area contributed by atoms with E-state index in [2.05, 4.69) is 20.0 Å². The van der Waals surface area contributed by atoms with Crippen molar-refractivity contribution in [3.05, 3.63) is 53.1 Å². The average molecular weight is 404 g/mol. The van der Waals surface area contributed by atoms with Gasteiger partial charge >= 0.3 is 6.18 Å². The van der Waals surface area contributed by atoms with E-state index in [1.54, 1.807) is 12.4 Å². The molecule has 4 rings (SSSR count). The number of fused-ring (bicyclic) bond motifs is 1. The molecule has 29 heavy (non-hydrogen) atoms. The normalized spacial score (nSPS) is 18.6. The molecule has 0 N–H and O–H groups in total. The molecule has 3 aromatic rings. The standard InChI is InChI=1S/C21H23F3N4O/c1-13(2)17-10-16(21(22,23)24)18-19(27-29-20(18)26-17)15-4-3-9-28(12-15)11-14-5-7-25-8-6-14/h5-8,10,13,15H,3-4,9,11-12H2,1-2H3/t15-/m0/s1. The number of likely N-dealkylation sites (tertiary alicyclic amines) is 1. The molecule has 0 unspecified atom stereocenters. The zero-order chi connectivity index (χ0) is 20.6. The number of aromatic nitrogens is 3. The summed E-state index contributed by atoms with van der Waals surface area (Å²) < 4.78 is 46.8. The van der Waals surface area contributed by atoms with Gasteiger partial charge in [-0.15, -0.1) is 0 Å². The SMILES string of the molecule is CC(C)c1cc(C(F)(F)F)c2c([C@H]3CCCN(Cc4ccncc4)C3)noc2n1. The number of nitrogens with zero attached hydrogens (tertiary/aromatic N) is 4. The fourth-order valence-corrected chi connectivity index (χ4v) is 3.96. The van der Waals surface area contributed by atoms with E-state index in [-0.39, 0.29) is 22.9 Å². The number of pyridine rings is 2. The molecule has 1 saturated heterocycles. The van der Waals surface area contributed by atoms with Gasteiger partial charge in [0.15, 0.2) is 0 Å². The van der Waals surface area contributed by atoms with Crippen molar-refractivity contribution in [2.45, 2.75) is 51.2 Å². The van der Waals surface area contributed by atoms with Gasteiger partial charge in [-0.1, -0.05) is 19.0 Å². The molecule has 0 bridgehead atoms. The van der Waals surface area contributed by atoms with Gasteiger partial charge in [0.1, 0.15) is 0 Å². The second-order valence-corrected chi connectivity index (χ2v) is 7.92. The van der Waals surface area contributed by atoms with Gasteiger partial charge in [0.2, 0.25) is 0 Å². The summed E-state index contributed by atoms with van der Waals surface area (Å²) in [4.78, 5) is 10.6. The van der Waals surface area contributed by atoms with Crippen LogP contribution in [0.4, 0.5) is 13.2 Å². The van der Waals surface area contributed by atoms with E-state index >= 15 is 0 Å². The van der Waals surface area contributed by atoms with Crippen LogP contribution in [-0.4, -0.2) is 33.1 Å². The number of piperidine rings is 1. The summed E-state index contributed by atoms with van der Waals surface area (Å²) >= 11 is 0. The molecule has 1 aliphatic heterocycles. The summed E-state index contributed by atoms with van der Waals surface area (Å²) in [6.07, 6.45) is 0.669. The van der Waals surface area contributed by atoms with Gasteiger partial charge < -0.3 is 4.52 Å². The van der Waals surface area contributed by atoms with Gasteiger partial charge in [-0.3, -0.25) is 9.88 Å². The molecule has 0 saturated carbocycles. The van der Waals surface area contributed by atoms with Crippen molar-refractivity contribution in [3.8, 4) is 0 Å². The Kier molecular flexibility index (Phi) is 5.29. The Morgan fingerprint density at radius 3 is 2.69 bits per heavy atom. The third-order valence-electron chi connectivity index (χ3n) is 5.44. The Labute approximate surface area is 166 Å². The quantitative estimate of drug-likeness (QED) is 0.603. The van der Waals surface area contributed by atoms with Gasteiger partial charge in [-0.25, -0.2) is 4.98 Å². The Morgan fingerprint density at radius 1 is 1.24 bits per heavy atom. The maximum absolute atomic E-state index is 13.8. The molecule has 0 spiro atoms. The lowest BCUT2D eigenvalue weighted by molar-refractivity contribution is -0.136. The van der Waals surface area contributed by atoms with Crippen molar-refractivity contribution in [1.82, 2.24) is 20.0 Å². The van der Waals surface area contributed by atoms with Gasteiger partial charge in [0, 0.05) is 37.1 Å². The van der Waals surface area contributed by atoms with E-state index < -0.39 is 11.7 Å². The van der Waals surface area contributed by atoms with Gasteiger partial charge in [-0.2, -0.15) is 13.2 Å². The molecule has 1 atom stereocenters. The Balaban J connectivity index is 1.68. The molecule has 5 nitrogen and oxygen atoms in total. The summed E-state index contributed by atoms with van der Waals surface area (Å²) in [5.41, 5.74) is 1.13. The topological polar surface area (TPSA) is 55.1 Å². The van der Waals surface area contributed by atoms with Crippen LogP contribution in [0.2, 0.25) is 0 Å². The van der Waals surface area contributed by atoms with Crippen molar-refractivity contribution in [1.29, 1.82) is 0 Å². The van der Waals surface area contributed by atoms with Crippen LogP contribution in [0, 0.1) is 0 Å². The minimum Gasteiger partial charge on any atom is -0.336 e. The van der Waals surface area contributed by atoms with E-state index in [0.717, 1.165) is 37.6 Å². The maximum atomic E-state index is 13.8.